The number of aromatic nitrogens is 2. The molecule has 0 aliphatic rings. The quantitative estimate of drug-likeness (QED) is 0.455. The van der Waals surface area contributed by atoms with Gasteiger partial charge in [-0.15, -0.1) is 0 Å². The van der Waals surface area contributed by atoms with E-state index < -0.39 is 0 Å². The lowest BCUT2D eigenvalue weighted by Gasteiger charge is -2.12. The first kappa shape index (κ1) is 20.7. The van der Waals surface area contributed by atoms with Crippen molar-refractivity contribution in [1.29, 1.82) is 0 Å². The van der Waals surface area contributed by atoms with Crippen LogP contribution >= 0.6 is 0 Å². The number of carbonyl (C=O) groups excluding carboxylic acids is 1. The van der Waals surface area contributed by atoms with Crippen molar-refractivity contribution in [2.45, 2.75) is 26.8 Å². The van der Waals surface area contributed by atoms with E-state index in [1.165, 1.54) is 5.56 Å². The molecule has 0 bridgehead atoms. The highest BCUT2D eigenvalue weighted by molar-refractivity contribution is 5.95. The molecule has 3 aromatic carbocycles. The van der Waals surface area contributed by atoms with E-state index in [-0.39, 0.29) is 5.91 Å². The van der Waals surface area contributed by atoms with Crippen LogP contribution in [-0.4, -0.2) is 28.6 Å². The first-order valence-electron chi connectivity index (χ1n) is 10.6. The van der Waals surface area contributed by atoms with Gasteiger partial charge in [0.25, 0.3) is 5.91 Å². The summed E-state index contributed by atoms with van der Waals surface area (Å²) in [5, 5.41) is 3.02. The van der Waals surface area contributed by atoms with Crippen LogP contribution in [0.15, 0.2) is 72.8 Å². The fourth-order valence-electron chi connectivity index (χ4n) is 3.67. The molecule has 1 N–H and O–H groups in total. The number of benzene rings is 3. The lowest BCUT2D eigenvalue weighted by Crippen LogP contribution is -2.27. The Kier molecular flexibility index (Phi) is 6.32. The maximum atomic E-state index is 12.5. The lowest BCUT2D eigenvalue weighted by molar-refractivity contribution is 0.0953. The summed E-state index contributed by atoms with van der Waals surface area (Å²) in [6.07, 6.45) is 0.650. The molecule has 0 aliphatic heterocycles. The highest BCUT2D eigenvalue weighted by Crippen LogP contribution is 2.17. The Morgan fingerprint density at radius 3 is 2.52 bits per heavy atom. The number of ether oxygens (including phenoxy) is 1. The van der Waals surface area contributed by atoms with Gasteiger partial charge in [-0.1, -0.05) is 48.0 Å². The molecule has 4 aromatic rings. The number of imidazole rings is 1. The molecule has 1 heterocycles. The van der Waals surface area contributed by atoms with Gasteiger partial charge in [0.2, 0.25) is 0 Å². The van der Waals surface area contributed by atoms with E-state index in [4.69, 9.17) is 9.72 Å². The molecular weight excluding hydrogens is 386 g/mol. The molecule has 31 heavy (non-hydrogen) atoms. The number of aryl methyl sites for hydroxylation is 2. The van der Waals surface area contributed by atoms with Crippen LogP contribution in [-0.2, 0) is 13.0 Å². The van der Waals surface area contributed by atoms with E-state index in [0.29, 0.717) is 31.7 Å². The average Bonchev–Trinajstić information content (AvgIpc) is 3.13. The summed E-state index contributed by atoms with van der Waals surface area (Å²) in [6, 6.07) is 23.8. The van der Waals surface area contributed by atoms with Crippen LogP contribution in [0.1, 0.15) is 27.3 Å². The second-order valence-corrected chi connectivity index (χ2v) is 7.65. The van der Waals surface area contributed by atoms with Crippen LogP contribution in [0.2, 0.25) is 0 Å². The van der Waals surface area contributed by atoms with Crippen molar-refractivity contribution in [3.63, 3.8) is 0 Å². The summed E-state index contributed by atoms with van der Waals surface area (Å²) in [5.74, 6) is 1.75. The van der Waals surface area contributed by atoms with Gasteiger partial charge in [0.05, 0.1) is 17.6 Å². The van der Waals surface area contributed by atoms with Crippen LogP contribution in [0.4, 0.5) is 0 Å². The SMILES string of the molecule is Cc1ccc(OCCn2c(CCNC(=O)c3ccccc3C)nc3ccccc32)cc1. The van der Waals surface area contributed by atoms with Crippen LogP contribution in [0.5, 0.6) is 5.75 Å². The zero-order valence-corrected chi connectivity index (χ0v) is 18.0. The molecule has 5 heteroatoms. The van der Waals surface area contributed by atoms with Crippen LogP contribution < -0.4 is 10.1 Å². The zero-order chi connectivity index (χ0) is 21.6. The molecular formula is C26H27N3O2. The highest BCUT2D eigenvalue weighted by atomic mass is 16.5. The highest BCUT2D eigenvalue weighted by Gasteiger charge is 2.12. The molecule has 0 aliphatic carbocycles. The van der Waals surface area contributed by atoms with Crippen molar-refractivity contribution in [3.8, 4) is 5.75 Å². The summed E-state index contributed by atoms with van der Waals surface area (Å²) >= 11 is 0. The second kappa shape index (κ2) is 9.47. The van der Waals surface area contributed by atoms with E-state index >= 15 is 0 Å². The van der Waals surface area contributed by atoms with Crippen molar-refractivity contribution in [2.24, 2.45) is 0 Å². The molecule has 1 aromatic heterocycles. The number of carbonyl (C=O) groups is 1. The van der Waals surface area contributed by atoms with Gasteiger partial charge in [-0.25, -0.2) is 4.98 Å². The normalized spacial score (nSPS) is 10.9. The van der Waals surface area contributed by atoms with Gasteiger partial charge < -0.3 is 14.6 Å². The van der Waals surface area contributed by atoms with Crippen molar-refractivity contribution < 1.29 is 9.53 Å². The monoisotopic (exact) mass is 413 g/mol. The van der Waals surface area contributed by atoms with E-state index in [2.05, 4.69) is 22.9 Å². The Morgan fingerprint density at radius 2 is 1.71 bits per heavy atom. The van der Waals surface area contributed by atoms with Gasteiger partial charge in [-0.05, 0) is 49.7 Å². The molecule has 4 rings (SSSR count). The van der Waals surface area contributed by atoms with Crippen molar-refractivity contribution in [2.75, 3.05) is 13.2 Å². The Morgan fingerprint density at radius 1 is 0.968 bits per heavy atom. The molecule has 0 saturated carbocycles. The third-order valence-electron chi connectivity index (χ3n) is 5.36. The summed E-state index contributed by atoms with van der Waals surface area (Å²) in [4.78, 5) is 17.3. The maximum absolute atomic E-state index is 12.5. The van der Waals surface area contributed by atoms with Crippen LogP contribution in [0, 0.1) is 13.8 Å². The molecule has 0 unspecified atom stereocenters. The fraction of sp³-hybridized carbons (Fsp3) is 0.231. The summed E-state index contributed by atoms with van der Waals surface area (Å²) < 4.78 is 8.12. The number of hydrogen-bond donors (Lipinski definition) is 1. The maximum Gasteiger partial charge on any atom is 0.251 e. The van der Waals surface area contributed by atoms with E-state index in [9.17, 15) is 4.79 Å². The third kappa shape index (κ3) is 4.94. The van der Waals surface area contributed by atoms with Gasteiger partial charge in [-0.2, -0.15) is 0 Å². The Hall–Kier alpha value is -3.60. The van der Waals surface area contributed by atoms with Crippen molar-refractivity contribution >= 4 is 16.9 Å². The number of nitrogens with one attached hydrogen (secondary N) is 1. The molecule has 0 saturated heterocycles. The van der Waals surface area contributed by atoms with Gasteiger partial charge in [-0.3, -0.25) is 4.79 Å². The third-order valence-corrected chi connectivity index (χ3v) is 5.36. The van der Waals surface area contributed by atoms with Gasteiger partial charge in [0.15, 0.2) is 0 Å². The summed E-state index contributed by atoms with van der Waals surface area (Å²) in [7, 11) is 0. The molecule has 5 nitrogen and oxygen atoms in total. The Bertz CT molecular complexity index is 1180. The minimum Gasteiger partial charge on any atom is -0.492 e. The van der Waals surface area contributed by atoms with E-state index in [1.807, 2.05) is 73.7 Å². The van der Waals surface area contributed by atoms with Crippen molar-refractivity contribution in [1.82, 2.24) is 14.9 Å². The predicted octanol–water partition coefficient (Wildman–Crippen LogP) is 4.70. The minimum atomic E-state index is -0.0523. The predicted molar refractivity (Wildman–Crippen MR) is 124 cm³/mol. The Balaban J connectivity index is 1.42. The molecule has 0 radical (unpaired) electrons. The first-order chi connectivity index (χ1) is 15.1. The topological polar surface area (TPSA) is 56.1 Å². The molecule has 1 amide bonds. The number of nitrogens with zero attached hydrogens (tertiary/aromatic N) is 2. The Labute approximate surface area is 182 Å². The largest absolute Gasteiger partial charge is 0.492 e. The number of para-hydroxylation sites is 2. The van der Waals surface area contributed by atoms with Crippen LogP contribution in [0.3, 0.4) is 0 Å². The van der Waals surface area contributed by atoms with Crippen LogP contribution in [0.25, 0.3) is 11.0 Å². The second-order valence-electron chi connectivity index (χ2n) is 7.65. The summed E-state index contributed by atoms with van der Waals surface area (Å²) in [5.41, 5.74) is 4.93. The number of fused-ring (bicyclic) bond motifs is 1. The standard InChI is InChI=1S/C26H27N3O2/c1-19-11-13-21(14-12-19)31-18-17-29-24-10-6-5-9-23(24)28-25(29)15-16-27-26(30)22-8-4-3-7-20(22)2/h3-14H,15-18H2,1-2H3,(H,27,30). The smallest absolute Gasteiger partial charge is 0.251 e. The van der Waals surface area contributed by atoms with Gasteiger partial charge in [0.1, 0.15) is 18.2 Å². The molecule has 158 valence electrons. The summed E-state index contributed by atoms with van der Waals surface area (Å²) in [6.45, 7) is 5.77. The van der Waals surface area contributed by atoms with Gasteiger partial charge in [0, 0.05) is 18.5 Å². The van der Waals surface area contributed by atoms with E-state index in [0.717, 1.165) is 28.2 Å². The van der Waals surface area contributed by atoms with Crippen molar-refractivity contribution in [3.05, 3.63) is 95.3 Å². The average molecular weight is 414 g/mol. The first-order valence-corrected chi connectivity index (χ1v) is 10.6. The molecule has 0 spiro atoms. The lowest BCUT2D eigenvalue weighted by atomic mass is 10.1. The minimum absolute atomic E-state index is 0.0523. The van der Waals surface area contributed by atoms with Gasteiger partial charge >= 0.3 is 0 Å². The number of amides is 1. The fourth-order valence-corrected chi connectivity index (χ4v) is 3.67. The number of hydrogen-bond acceptors (Lipinski definition) is 3. The zero-order valence-electron chi connectivity index (χ0n) is 18.0. The molecule has 0 fully saturated rings. The number of rotatable bonds is 8. The van der Waals surface area contributed by atoms with E-state index in [1.54, 1.807) is 0 Å². The molecule has 0 atom stereocenters.